The first kappa shape index (κ1) is 15.2. The number of methoxy groups -OCH3 is 1. The van der Waals surface area contributed by atoms with E-state index in [4.69, 9.17) is 4.74 Å². The van der Waals surface area contributed by atoms with E-state index in [0.29, 0.717) is 18.2 Å². The van der Waals surface area contributed by atoms with Crippen molar-refractivity contribution < 1.29 is 9.53 Å². The number of benzene rings is 1. The second kappa shape index (κ2) is 6.29. The van der Waals surface area contributed by atoms with Crippen molar-refractivity contribution in [2.75, 3.05) is 12.4 Å². The minimum Gasteiger partial charge on any atom is -0.380 e. The van der Waals surface area contributed by atoms with E-state index < -0.39 is 0 Å². The number of hydrogen-bond donors (Lipinski definition) is 2. The lowest BCUT2D eigenvalue weighted by molar-refractivity contribution is -0.120. The molecule has 0 unspecified atom stereocenters. The van der Waals surface area contributed by atoms with E-state index in [2.05, 4.69) is 25.7 Å². The van der Waals surface area contributed by atoms with Crippen LogP contribution in [0.15, 0.2) is 18.2 Å². The molecule has 0 saturated carbocycles. The molecule has 1 aromatic carbocycles. The maximum Gasteiger partial charge on any atom is 0.229 e. The molecule has 0 aliphatic heterocycles. The molecule has 2 aromatic heterocycles. The van der Waals surface area contributed by atoms with Gasteiger partial charge in [-0.3, -0.25) is 4.79 Å². The molecular formula is C16H17N5O2S. The molecule has 2 heterocycles. The Kier molecular flexibility index (Phi) is 3.99. The van der Waals surface area contributed by atoms with E-state index in [1.54, 1.807) is 7.11 Å². The number of aromatic amines is 1. The molecule has 0 saturated heterocycles. The van der Waals surface area contributed by atoms with Crippen LogP contribution in [0.4, 0.5) is 5.13 Å². The number of rotatable bonds is 4. The van der Waals surface area contributed by atoms with Crippen LogP contribution in [0.25, 0.3) is 10.2 Å². The molecule has 1 aliphatic rings. The highest BCUT2D eigenvalue weighted by atomic mass is 32.1. The van der Waals surface area contributed by atoms with Crippen molar-refractivity contribution in [2.24, 2.45) is 5.92 Å². The molecule has 1 aliphatic carbocycles. The standard InChI is InChI=1S/C16H17N5O2S/c1-23-8-10-3-2-4-13-14(10)17-16(24-13)18-15(22)9-5-6-11-12(7-9)20-21-19-11/h2-4,9H,5-8H2,1H3,(H,17,18,22)(H,19,20,21)/t9-/m1/s1. The summed E-state index contributed by atoms with van der Waals surface area (Å²) in [5.41, 5.74) is 3.79. The van der Waals surface area contributed by atoms with Gasteiger partial charge in [-0.1, -0.05) is 23.5 Å². The minimum absolute atomic E-state index is 0.00371. The third-order valence-corrected chi connectivity index (χ3v) is 5.21. The van der Waals surface area contributed by atoms with Crippen LogP contribution in [0.5, 0.6) is 0 Å². The van der Waals surface area contributed by atoms with Crippen LogP contribution < -0.4 is 5.32 Å². The first-order valence-electron chi connectivity index (χ1n) is 7.81. The van der Waals surface area contributed by atoms with Crippen LogP contribution in [-0.2, 0) is 29.0 Å². The lowest BCUT2D eigenvalue weighted by atomic mass is 9.89. The summed E-state index contributed by atoms with van der Waals surface area (Å²) in [7, 11) is 1.66. The smallest absolute Gasteiger partial charge is 0.229 e. The van der Waals surface area contributed by atoms with Gasteiger partial charge in [0, 0.05) is 25.0 Å². The number of aryl methyl sites for hydroxylation is 1. The normalized spacial score (nSPS) is 17.0. The Morgan fingerprint density at radius 2 is 2.29 bits per heavy atom. The fourth-order valence-electron chi connectivity index (χ4n) is 3.05. The van der Waals surface area contributed by atoms with E-state index in [1.807, 2.05) is 18.2 Å². The number of ether oxygens (including phenoxy) is 1. The molecule has 24 heavy (non-hydrogen) atoms. The predicted molar refractivity (Wildman–Crippen MR) is 90.9 cm³/mol. The van der Waals surface area contributed by atoms with Gasteiger partial charge in [-0.15, -0.1) is 0 Å². The van der Waals surface area contributed by atoms with Crippen molar-refractivity contribution in [1.29, 1.82) is 0 Å². The number of aromatic nitrogens is 4. The van der Waals surface area contributed by atoms with Crippen molar-refractivity contribution in [1.82, 2.24) is 20.4 Å². The molecule has 2 N–H and O–H groups in total. The third kappa shape index (κ3) is 2.78. The third-order valence-electron chi connectivity index (χ3n) is 4.28. The van der Waals surface area contributed by atoms with Gasteiger partial charge in [0.15, 0.2) is 5.13 Å². The van der Waals surface area contributed by atoms with Gasteiger partial charge in [-0.25, -0.2) is 4.98 Å². The van der Waals surface area contributed by atoms with Gasteiger partial charge in [0.05, 0.1) is 28.2 Å². The molecule has 4 rings (SSSR count). The van der Waals surface area contributed by atoms with Crippen molar-refractivity contribution in [2.45, 2.75) is 25.9 Å². The molecule has 1 atom stereocenters. The monoisotopic (exact) mass is 343 g/mol. The summed E-state index contributed by atoms with van der Waals surface area (Å²) in [5.74, 6) is -0.0935. The molecule has 0 bridgehead atoms. The summed E-state index contributed by atoms with van der Waals surface area (Å²) in [6.45, 7) is 0.506. The molecule has 3 aromatic rings. The molecular weight excluding hydrogens is 326 g/mol. The van der Waals surface area contributed by atoms with Crippen LogP contribution in [-0.4, -0.2) is 33.4 Å². The molecule has 8 heteroatoms. The Labute approximate surface area is 142 Å². The highest BCUT2D eigenvalue weighted by Gasteiger charge is 2.27. The topological polar surface area (TPSA) is 92.8 Å². The summed E-state index contributed by atoms with van der Waals surface area (Å²) in [5, 5.41) is 14.4. The van der Waals surface area contributed by atoms with Crippen LogP contribution in [0, 0.1) is 5.92 Å². The van der Waals surface area contributed by atoms with Gasteiger partial charge in [-0.2, -0.15) is 15.4 Å². The van der Waals surface area contributed by atoms with E-state index >= 15 is 0 Å². The number of nitrogens with zero attached hydrogens (tertiary/aromatic N) is 3. The number of carbonyl (C=O) groups is 1. The number of thiazole rings is 1. The summed E-state index contributed by atoms with van der Waals surface area (Å²) in [6.07, 6.45) is 2.18. The predicted octanol–water partition coefficient (Wildman–Crippen LogP) is 2.30. The Morgan fingerprint density at radius 1 is 1.42 bits per heavy atom. The number of fused-ring (bicyclic) bond motifs is 2. The van der Waals surface area contributed by atoms with Gasteiger partial charge in [0.25, 0.3) is 0 Å². The number of H-pyrrole nitrogens is 1. The fourth-order valence-corrected chi connectivity index (χ4v) is 3.96. The summed E-state index contributed by atoms with van der Waals surface area (Å²) in [6, 6.07) is 5.97. The fraction of sp³-hybridized carbons (Fsp3) is 0.375. The van der Waals surface area contributed by atoms with Gasteiger partial charge < -0.3 is 10.1 Å². The van der Waals surface area contributed by atoms with Crippen molar-refractivity contribution in [3.05, 3.63) is 35.2 Å². The Balaban J connectivity index is 1.52. The molecule has 0 radical (unpaired) electrons. The lowest BCUT2D eigenvalue weighted by Gasteiger charge is -2.18. The number of carbonyl (C=O) groups excluding carboxylic acids is 1. The van der Waals surface area contributed by atoms with Gasteiger partial charge in [0.2, 0.25) is 5.91 Å². The van der Waals surface area contributed by atoms with Crippen LogP contribution in [0.1, 0.15) is 23.4 Å². The Bertz CT molecular complexity index is 888. The minimum atomic E-state index is -0.0898. The molecule has 0 spiro atoms. The van der Waals surface area contributed by atoms with Crippen LogP contribution in [0.3, 0.4) is 0 Å². The number of hydrogen-bond acceptors (Lipinski definition) is 6. The van der Waals surface area contributed by atoms with Crippen LogP contribution in [0.2, 0.25) is 0 Å². The average molecular weight is 343 g/mol. The summed E-state index contributed by atoms with van der Waals surface area (Å²) in [4.78, 5) is 17.1. The first-order chi connectivity index (χ1) is 11.7. The average Bonchev–Trinajstić information content (AvgIpc) is 3.20. The zero-order valence-corrected chi connectivity index (χ0v) is 14.0. The Morgan fingerprint density at radius 3 is 3.17 bits per heavy atom. The van der Waals surface area contributed by atoms with Gasteiger partial charge in [0.1, 0.15) is 0 Å². The number of nitrogens with one attached hydrogen (secondary N) is 2. The number of para-hydroxylation sites is 1. The van der Waals surface area contributed by atoms with Crippen molar-refractivity contribution in [3.8, 4) is 0 Å². The maximum absolute atomic E-state index is 12.6. The van der Waals surface area contributed by atoms with E-state index in [0.717, 1.165) is 40.0 Å². The second-order valence-corrected chi connectivity index (χ2v) is 6.89. The highest BCUT2D eigenvalue weighted by molar-refractivity contribution is 7.22. The summed E-state index contributed by atoms with van der Waals surface area (Å²) < 4.78 is 6.25. The first-order valence-corrected chi connectivity index (χ1v) is 8.63. The summed E-state index contributed by atoms with van der Waals surface area (Å²) >= 11 is 1.48. The number of amides is 1. The maximum atomic E-state index is 12.6. The van der Waals surface area contributed by atoms with Gasteiger partial charge >= 0.3 is 0 Å². The molecule has 124 valence electrons. The second-order valence-electron chi connectivity index (χ2n) is 5.86. The zero-order valence-electron chi connectivity index (χ0n) is 13.2. The highest BCUT2D eigenvalue weighted by Crippen LogP contribution is 2.30. The molecule has 7 nitrogen and oxygen atoms in total. The van der Waals surface area contributed by atoms with E-state index in [9.17, 15) is 4.79 Å². The molecule has 0 fully saturated rings. The Hall–Kier alpha value is -2.32. The van der Waals surface area contributed by atoms with Crippen LogP contribution >= 0.6 is 11.3 Å². The van der Waals surface area contributed by atoms with Gasteiger partial charge in [-0.05, 0) is 18.9 Å². The zero-order chi connectivity index (χ0) is 16.5. The SMILES string of the molecule is COCc1cccc2sc(NC(=O)[C@@H]3CCc4n[nH]nc4C3)nc12. The molecule has 1 amide bonds. The lowest BCUT2D eigenvalue weighted by Crippen LogP contribution is -2.28. The largest absolute Gasteiger partial charge is 0.380 e. The number of anilines is 1. The van der Waals surface area contributed by atoms with Crippen molar-refractivity contribution in [3.63, 3.8) is 0 Å². The van der Waals surface area contributed by atoms with Crippen molar-refractivity contribution >= 4 is 32.6 Å². The van der Waals surface area contributed by atoms with E-state index in [-0.39, 0.29) is 11.8 Å². The van der Waals surface area contributed by atoms with E-state index in [1.165, 1.54) is 11.3 Å². The quantitative estimate of drug-likeness (QED) is 0.758.